The van der Waals surface area contributed by atoms with Crippen LogP contribution in [0.3, 0.4) is 0 Å². The molecule has 3 rings (SSSR count). The third-order valence-electron chi connectivity index (χ3n) is 4.57. The quantitative estimate of drug-likeness (QED) is 0.788. The number of hydrogen-bond donors (Lipinski definition) is 2. The fraction of sp³-hybridized carbons (Fsp3) is 0.350. The van der Waals surface area contributed by atoms with Crippen molar-refractivity contribution in [2.45, 2.75) is 31.4 Å². The average Bonchev–Trinajstić information content (AvgIpc) is 3.08. The minimum atomic E-state index is -0.980. The Kier molecular flexibility index (Phi) is 5.75. The number of ketones is 1. The highest BCUT2D eigenvalue weighted by molar-refractivity contribution is 5.97. The number of ether oxygens (including phenoxy) is 1. The van der Waals surface area contributed by atoms with Crippen LogP contribution in [0.25, 0.3) is 0 Å². The first kappa shape index (κ1) is 18.2. The summed E-state index contributed by atoms with van der Waals surface area (Å²) in [6, 6.07) is 11.2. The van der Waals surface area contributed by atoms with E-state index >= 15 is 0 Å². The number of pyridine rings is 1. The van der Waals surface area contributed by atoms with Crippen LogP contribution in [-0.4, -0.2) is 46.7 Å². The standard InChI is InChI=1S/C20H22N2O4/c1-26-20-18-11-21-15(7-14(18)10-22-20)8-16(24)9-17(19(25)12-23)13-5-3-2-4-6-13/h2-7,11,17,19,23,25H,8-10,12H2,1H3/t17-,19-/m1/s1. The van der Waals surface area contributed by atoms with E-state index in [9.17, 15) is 15.0 Å². The van der Waals surface area contributed by atoms with Crippen molar-refractivity contribution in [1.29, 1.82) is 0 Å². The molecule has 0 amide bonds. The first-order valence-electron chi connectivity index (χ1n) is 8.54. The van der Waals surface area contributed by atoms with Gasteiger partial charge in [-0.25, -0.2) is 4.99 Å². The second kappa shape index (κ2) is 8.21. The van der Waals surface area contributed by atoms with Crippen molar-refractivity contribution in [2.75, 3.05) is 13.7 Å². The van der Waals surface area contributed by atoms with Crippen molar-refractivity contribution >= 4 is 11.7 Å². The normalized spacial score (nSPS) is 15.1. The van der Waals surface area contributed by atoms with Crippen LogP contribution >= 0.6 is 0 Å². The molecule has 0 saturated carbocycles. The molecule has 0 spiro atoms. The van der Waals surface area contributed by atoms with Gasteiger partial charge in [0.2, 0.25) is 5.90 Å². The number of methoxy groups -OCH3 is 1. The summed E-state index contributed by atoms with van der Waals surface area (Å²) in [5.74, 6) is 0.0943. The highest BCUT2D eigenvalue weighted by Crippen LogP contribution is 2.25. The third-order valence-corrected chi connectivity index (χ3v) is 4.57. The summed E-state index contributed by atoms with van der Waals surface area (Å²) in [7, 11) is 1.57. The smallest absolute Gasteiger partial charge is 0.218 e. The Balaban J connectivity index is 1.70. The van der Waals surface area contributed by atoms with Crippen LogP contribution in [0.2, 0.25) is 0 Å². The molecule has 1 aliphatic heterocycles. The number of aromatic nitrogens is 1. The number of aliphatic imine (C=N–C) groups is 1. The Hall–Kier alpha value is -2.57. The van der Waals surface area contributed by atoms with Crippen LogP contribution in [0.1, 0.15) is 34.7 Å². The Morgan fingerprint density at radius 3 is 2.77 bits per heavy atom. The Morgan fingerprint density at radius 2 is 2.08 bits per heavy atom. The van der Waals surface area contributed by atoms with Crippen LogP contribution in [0.4, 0.5) is 0 Å². The van der Waals surface area contributed by atoms with E-state index in [1.54, 1.807) is 13.3 Å². The summed E-state index contributed by atoms with van der Waals surface area (Å²) >= 11 is 0. The summed E-state index contributed by atoms with van der Waals surface area (Å²) in [5, 5.41) is 19.4. The molecule has 0 aliphatic carbocycles. The second-order valence-corrected chi connectivity index (χ2v) is 6.34. The van der Waals surface area contributed by atoms with Crippen LogP contribution < -0.4 is 0 Å². The van der Waals surface area contributed by atoms with Gasteiger partial charge >= 0.3 is 0 Å². The number of carbonyl (C=O) groups excluding carboxylic acids is 1. The number of rotatable bonds is 7. The molecular weight excluding hydrogens is 332 g/mol. The van der Waals surface area contributed by atoms with Crippen LogP contribution in [-0.2, 0) is 22.5 Å². The second-order valence-electron chi connectivity index (χ2n) is 6.34. The maximum atomic E-state index is 12.6. The number of fused-ring (bicyclic) bond motifs is 1. The maximum absolute atomic E-state index is 12.6. The van der Waals surface area contributed by atoms with E-state index in [1.165, 1.54) is 0 Å². The SMILES string of the molecule is COC1=NCc2cc(CC(=O)C[C@H](c3ccccc3)[C@H](O)CO)ncc21. The van der Waals surface area contributed by atoms with E-state index in [4.69, 9.17) is 4.74 Å². The predicted octanol–water partition coefficient (Wildman–Crippen LogP) is 1.63. The predicted molar refractivity (Wildman–Crippen MR) is 97.1 cm³/mol. The lowest BCUT2D eigenvalue weighted by Gasteiger charge is -2.21. The highest BCUT2D eigenvalue weighted by Gasteiger charge is 2.24. The van der Waals surface area contributed by atoms with E-state index in [0.29, 0.717) is 18.1 Å². The molecule has 6 heteroatoms. The zero-order valence-electron chi connectivity index (χ0n) is 14.6. The summed E-state index contributed by atoms with van der Waals surface area (Å²) in [6.45, 7) is 0.138. The van der Waals surface area contributed by atoms with Gasteiger partial charge in [0, 0.05) is 30.7 Å². The molecule has 0 fully saturated rings. The number of Topliss-reactive ketones (excluding diaryl/α,β-unsaturated/α-hetero) is 1. The lowest BCUT2D eigenvalue weighted by Crippen LogP contribution is -2.25. The molecule has 2 N–H and O–H groups in total. The summed E-state index contributed by atoms with van der Waals surface area (Å²) in [6.07, 6.45) is 1.03. The monoisotopic (exact) mass is 354 g/mol. The lowest BCUT2D eigenvalue weighted by atomic mass is 9.88. The van der Waals surface area contributed by atoms with Gasteiger partial charge < -0.3 is 14.9 Å². The van der Waals surface area contributed by atoms with Gasteiger partial charge in [0.25, 0.3) is 0 Å². The molecule has 2 heterocycles. The summed E-state index contributed by atoms with van der Waals surface area (Å²) in [4.78, 5) is 21.2. The lowest BCUT2D eigenvalue weighted by molar-refractivity contribution is -0.119. The van der Waals surface area contributed by atoms with Crippen molar-refractivity contribution in [2.24, 2.45) is 4.99 Å². The number of aliphatic hydroxyl groups is 2. The van der Waals surface area contributed by atoms with Gasteiger partial charge in [-0.05, 0) is 17.2 Å². The van der Waals surface area contributed by atoms with E-state index in [1.807, 2.05) is 36.4 Å². The van der Waals surface area contributed by atoms with Crippen molar-refractivity contribution < 1.29 is 19.7 Å². The molecular formula is C20H22N2O4. The molecule has 0 unspecified atom stereocenters. The molecule has 1 aromatic carbocycles. The van der Waals surface area contributed by atoms with Gasteiger partial charge in [0.15, 0.2) is 0 Å². The Bertz CT molecular complexity index is 805. The fourth-order valence-corrected chi connectivity index (χ4v) is 3.21. The van der Waals surface area contributed by atoms with Gasteiger partial charge in [0.05, 0.1) is 31.9 Å². The van der Waals surface area contributed by atoms with Crippen LogP contribution in [0.5, 0.6) is 0 Å². The van der Waals surface area contributed by atoms with Crippen LogP contribution in [0.15, 0.2) is 47.6 Å². The molecule has 0 bridgehead atoms. The molecule has 136 valence electrons. The van der Waals surface area contributed by atoms with Crippen molar-refractivity contribution in [3.05, 3.63) is 65.0 Å². The van der Waals surface area contributed by atoms with Gasteiger partial charge in [0.1, 0.15) is 5.78 Å². The summed E-state index contributed by atoms with van der Waals surface area (Å²) in [5.41, 5.74) is 3.37. The van der Waals surface area contributed by atoms with Crippen molar-refractivity contribution in [3.63, 3.8) is 0 Å². The third kappa shape index (κ3) is 3.98. The Morgan fingerprint density at radius 1 is 1.31 bits per heavy atom. The zero-order chi connectivity index (χ0) is 18.5. The van der Waals surface area contributed by atoms with Gasteiger partial charge in [-0.1, -0.05) is 30.3 Å². The first-order chi connectivity index (χ1) is 12.6. The van der Waals surface area contributed by atoms with E-state index in [2.05, 4.69) is 9.98 Å². The molecule has 6 nitrogen and oxygen atoms in total. The maximum Gasteiger partial charge on any atom is 0.218 e. The molecule has 0 radical (unpaired) electrons. The Labute approximate surface area is 152 Å². The molecule has 2 atom stereocenters. The fourth-order valence-electron chi connectivity index (χ4n) is 3.21. The zero-order valence-corrected chi connectivity index (χ0v) is 14.6. The topological polar surface area (TPSA) is 92.0 Å². The number of aliphatic hydroxyl groups excluding tert-OH is 2. The van der Waals surface area contributed by atoms with Gasteiger partial charge in [-0.3, -0.25) is 9.78 Å². The largest absolute Gasteiger partial charge is 0.481 e. The summed E-state index contributed by atoms with van der Waals surface area (Å²) < 4.78 is 5.19. The molecule has 1 aliphatic rings. The highest BCUT2D eigenvalue weighted by atomic mass is 16.5. The number of nitrogens with zero attached hydrogens (tertiary/aromatic N) is 2. The van der Waals surface area contributed by atoms with E-state index in [-0.39, 0.29) is 25.2 Å². The minimum Gasteiger partial charge on any atom is -0.481 e. The van der Waals surface area contributed by atoms with Crippen LogP contribution in [0, 0.1) is 0 Å². The van der Waals surface area contributed by atoms with Gasteiger partial charge in [-0.15, -0.1) is 0 Å². The minimum absolute atomic E-state index is 0.0373. The van der Waals surface area contributed by atoms with E-state index < -0.39 is 12.0 Å². The van der Waals surface area contributed by atoms with Crippen molar-refractivity contribution in [1.82, 2.24) is 4.98 Å². The average molecular weight is 354 g/mol. The van der Waals surface area contributed by atoms with Gasteiger partial charge in [-0.2, -0.15) is 0 Å². The van der Waals surface area contributed by atoms with E-state index in [0.717, 1.165) is 16.7 Å². The molecule has 2 aromatic rings. The van der Waals surface area contributed by atoms with Crippen molar-refractivity contribution in [3.8, 4) is 0 Å². The number of carbonyl (C=O) groups is 1. The number of hydrogen-bond acceptors (Lipinski definition) is 6. The molecule has 26 heavy (non-hydrogen) atoms. The first-order valence-corrected chi connectivity index (χ1v) is 8.54. The molecule has 0 saturated heterocycles. The number of benzene rings is 1. The molecule has 1 aromatic heterocycles.